The first-order valence-corrected chi connectivity index (χ1v) is 51.0. The molecule has 2 fully saturated rings. The van der Waals surface area contributed by atoms with E-state index in [9.17, 15) is 108 Å². The van der Waals surface area contributed by atoms with Gasteiger partial charge in [0, 0.05) is 108 Å². The molecule has 11 unspecified atom stereocenters. The highest BCUT2D eigenvalue weighted by Crippen LogP contribution is 2.66. The van der Waals surface area contributed by atoms with Crippen LogP contribution in [0.25, 0.3) is 11.0 Å². The number of hydrogen-bond donors (Lipinski definition) is 16. The summed E-state index contributed by atoms with van der Waals surface area (Å²) in [6.07, 6.45) is 4.48. The molecule has 0 aliphatic carbocycles. The molecule has 9 rings (SSSR count). The van der Waals surface area contributed by atoms with E-state index >= 15 is 0 Å². The van der Waals surface area contributed by atoms with Gasteiger partial charge in [-0.1, -0.05) is 83.8 Å². The van der Waals surface area contributed by atoms with Crippen LogP contribution in [0.4, 0.5) is 23.0 Å². The summed E-state index contributed by atoms with van der Waals surface area (Å²) >= 11 is -2.41. The number of carbonyl (C=O) groups excluding carboxylic acids is 4. The van der Waals surface area contributed by atoms with Gasteiger partial charge < -0.3 is 105 Å². The molecule has 7 heterocycles. The summed E-state index contributed by atoms with van der Waals surface area (Å²) in [7, 11) is -29.5. The Morgan fingerprint density at radius 1 is 0.762 bits per heavy atom. The zero-order valence-corrected chi connectivity index (χ0v) is 75.6. The van der Waals surface area contributed by atoms with Crippen LogP contribution in [0.1, 0.15) is 140 Å². The van der Waals surface area contributed by atoms with E-state index in [-0.39, 0.29) is 81.7 Å². The topological polar surface area (TPSA) is 684 Å². The molecule has 0 saturated carbocycles. The number of esters is 1. The number of aliphatic hydroxyl groups excluding tert-OH is 2. The first kappa shape index (κ1) is 102. The third-order valence-corrected chi connectivity index (χ3v) is 28.7. The minimum Gasteiger partial charge on any atom is -0.768 e. The first-order chi connectivity index (χ1) is 59.0. The lowest BCUT2D eigenvalue weighted by molar-refractivity contribution is -0.438. The minimum atomic E-state index is -5.89. The van der Waals surface area contributed by atoms with Crippen molar-refractivity contribution in [1.29, 1.82) is 0 Å². The number of unbranched alkanes of at least 4 members (excludes halogenated alkanes) is 4. The number of fused-ring (bicyclic) bond motifs is 3. The Morgan fingerprint density at radius 2 is 1.46 bits per heavy atom. The number of benzene rings is 2. The molecule has 4 aliphatic rings. The number of likely N-dealkylation sites (N-methyl/N-ethyl adjacent to an activating group) is 1. The zero-order valence-electron chi connectivity index (χ0n) is 67.9. The van der Waals surface area contributed by atoms with Crippen LogP contribution in [0.2, 0.25) is 0 Å². The number of nitrogens with zero attached hydrogens (tertiary/aromatic N) is 7. The molecule has 2 aromatic carbocycles. The smallest absolute Gasteiger partial charge is 0.490 e. The molecule has 45 nitrogen and oxygen atoms in total. The molecule has 690 valence electrons. The molecule has 18 N–H and O–H groups in total. The van der Waals surface area contributed by atoms with Crippen LogP contribution in [0.15, 0.2) is 106 Å². The minimum absolute atomic E-state index is 0.00557. The number of phosphoric acid groups is 5. The monoisotopic (exact) mass is 1940 g/mol. The number of amides is 3. The van der Waals surface area contributed by atoms with E-state index in [2.05, 4.69) is 81.7 Å². The van der Waals surface area contributed by atoms with E-state index in [1.165, 1.54) is 44.5 Å². The van der Waals surface area contributed by atoms with E-state index in [1.807, 2.05) is 65.0 Å². The number of nitrogens with two attached hydrogens (primary N) is 2. The van der Waals surface area contributed by atoms with Crippen LogP contribution >= 0.6 is 60.7 Å². The highest BCUT2D eigenvalue weighted by Gasteiger charge is 2.49. The maximum absolute atomic E-state index is 13.9. The van der Waals surface area contributed by atoms with E-state index in [0.29, 0.717) is 69.4 Å². The summed E-state index contributed by atoms with van der Waals surface area (Å²) in [6, 6.07) is 8.46. The molecule has 126 heavy (non-hydrogen) atoms. The Labute approximate surface area is 731 Å². The largest absolute Gasteiger partial charge is 0.768 e. The lowest BCUT2D eigenvalue weighted by Crippen LogP contribution is -2.48. The number of aromatic nitrogens is 5. The second kappa shape index (κ2) is 43.9. The standard InChI is InChI=1S/C72H95N12O33P5S4/c1-6-81-51-28-26-46(125(105)106)35-48(51)71(2,3)56(81)21-10-7-11-22-57-72(4,5)49-36-47(126(107,108)109)27-29-52(49)82(57)32-15-9-13-24-59(86)79-50(68(90)76-30-14-8-12-23-58(85)75-31-16-19-45-39-83(70(91)80-65(45)73)60-37-53(115-119(95,96)97)54(113-60)40-111-118(92,93)94)42-124-123-34-18-25-61(87)110-33-17-20-44-38-84(67-62(44)66(74)77-43-78-67)69-64(89)63(88)55(114-69)41-112-121(101,102)117-122(103,104)116-120(98,99)100/h7,10-11,21-22,26-29,35-36,38-39,43,50,53-55,60,63-64,69,88-89H,6,8-9,12-15,18,23-25,30-34,37,40-42H2,1-5H3,(H16-,73,74,75,76,77,78,79,80,85,86,90,91,92,93,94,95,96,97,98,99,100,101,102,103,104,105,106,107,108,109). The van der Waals surface area contributed by atoms with Crippen LogP contribution in [0, 0.1) is 23.7 Å². The molecule has 3 amide bonds. The van der Waals surface area contributed by atoms with Crippen LogP contribution in [-0.4, -0.2) is 223 Å². The van der Waals surface area contributed by atoms with Crippen LogP contribution in [0.3, 0.4) is 0 Å². The van der Waals surface area contributed by atoms with Gasteiger partial charge >= 0.3 is 50.8 Å². The highest BCUT2D eigenvalue weighted by atomic mass is 33.1. The quantitative estimate of drug-likeness (QED) is 0.00297. The number of hydrogen-bond acceptors (Lipinski definition) is 32. The molecular formula is C72H95N12O33P5S4. The van der Waals surface area contributed by atoms with Gasteiger partial charge in [-0.15, -0.1) is 0 Å². The summed E-state index contributed by atoms with van der Waals surface area (Å²) < 4.78 is 159. The van der Waals surface area contributed by atoms with Crippen molar-refractivity contribution < 1.29 is 154 Å². The van der Waals surface area contributed by atoms with Gasteiger partial charge in [-0.3, -0.25) is 46.1 Å². The maximum atomic E-state index is 13.9. The Hall–Kier alpha value is -7.58. The van der Waals surface area contributed by atoms with Crippen molar-refractivity contribution in [3.05, 3.63) is 124 Å². The molecule has 2 saturated heterocycles. The highest BCUT2D eigenvalue weighted by molar-refractivity contribution is 8.76. The Kier molecular flexibility index (Phi) is 35.6. The SMILES string of the molecule is CCN1C(=CC=CC=CC2=[N+](CCCCCC(=O)NC(CSSCCCC(=O)OCC#Cc3cn(C4OC(COP(=O)(O)OP(=O)(O)OP(=O)(O)O)C(O)C4O)c4ncnc(N)c34)C(=O)NCCCCCC(=O)NCC#Cc3cn(C4CC(OP(=O)(O)O)C(COP(=O)(O)O)O4)c(=O)nc3N)c3ccc(S(=O)(=O)O)cc3C2(C)C)C(C)(C)c2cc(S(=O)[O-])ccc21. The summed E-state index contributed by atoms with van der Waals surface area (Å²) in [5, 5.41) is 30.3. The normalized spacial score (nSPS) is 21.0. The van der Waals surface area contributed by atoms with Crippen LogP contribution < -0.4 is 38.0 Å². The number of allylic oxidation sites excluding steroid dienone is 6. The molecule has 3 aromatic heterocycles. The molecular weight excluding hydrogens is 1840 g/mol. The van der Waals surface area contributed by atoms with Crippen molar-refractivity contribution in [2.24, 2.45) is 0 Å². The molecule has 54 heteroatoms. The molecule has 0 bridgehead atoms. The Bertz CT molecular complexity index is 5620. The molecule has 4 aliphatic heterocycles. The van der Waals surface area contributed by atoms with Gasteiger partial charge in [-0.05, 0) is 106 Å². The van der Waals surface area contributed by atoms with Crippen molar-refractivity contribution in [2.75, 3.05) is 73.9 Å². The van der Waals surface area contributed by atoms with Crippen molar-refractivity contribution in [1.82, 2.24) is 40.0 Å². The predicted octanol–water partition coefficient (Wildman–Crippen LogP) is 4.31. The van der Waals surface area contributed by atoms with Crippen molar-refractivity contribution in [3.8, 4) is 23.7 Å². The Balaban J connectivity index is 0.783. The molecule has 11 atom stereocenters. The number of anilines is 3. The maximum Gasteiger partial charge on any atom is 0.490 e. The van der Waals surface area contributed by atoms with Gasteiger partial charge in [0.05, 0.1) is 46.6 Å². The van der Waals surface area contributed by atoms with E-state index < -0.39 is 176 Å². The summed E-state index contributed by atoms with van der Waals surface area (Å²) in [4.78, 5) is 155. The van der Waals surface area contributed by atoms with E-state index in [0.717, 1.165) is 45.4 Å². The number of aliphatic hydroxyl groups is 2. The van der Waals surface area contributed by atoms with Crippen LogP contribution in [0.5, 0.6) is 0 Å². The summed E-state index contributed by atoms with van der Waals surface area (Å²) in [6.45, 7) is 8.54. The molecule has 0 radical (unpaired) electrons. The number of rotatable bonds is 43. The lowest BCUT2D eigenvalue weighted by Gasteiger charge is -2.25. The fourth-order valence-electron chi connectivity index (χ4n) is 14.0. The van der Waals surface area contributed by atoms with Gasteiger partial charge in [-0.2, -0.15) is 26.6 Å². The number of ether oxygens (including phenoxy) is 3. The third kappa shape index (κ3) is 28.5. The summed E-state index contributed by atoms with van der Waals surface area (Å²) in [5.74, 6) is 8.92. The fraction of sp³-hybridized carbons (Fsp3) is 0.486. The van der Waals surface area contributed by atoms with Crippen molar-refractivity contribution in [2.45, 2.75) is 175 Å². The van der Waals surface area contributed by atoms with Gasteiger partial charge in [0.1, 0.15) is 72.9 Å². The number of nitrogen functional groups attached to an aromatic ring is 2. The summed E-state index contributed by atoms with van der Waals surface area (Å²) in [5.41, 5.74) is 14.9. The van der Waals surface area contributed by atoms with Crippen LogP contribution in [-0.2, 0) is 110 Å². The molecule has 0 spiro atoms. The average Bonchev–Trinajstić information content (AvgIpc) is 1.62. The number of nitrogens with one attached hydrogen (secondary N) is 3. The molecule has 5 aromatic rings. The van der Waals surface area contributed by atoms with Crippen molar-refractivity contribution in [3.63, 3.8) is 0 Å². The number of carbonyl (C=O) groups is 4. The van der Waals surface area contributed by atoms with Gasteiger partial charge in [0.2, 0.25) is 23.4 Å². The van der Waals surface area contributed by atoms with E-state index in [1.54, 1.807) is 24.3 Å². The lowest BCUT2D eigenvalue weighted by atomic mass is 9.81. The first-order valence-electron chi connectivity index (χ1n) is 38.4. The van der Waals surface area contributed by atoms with E-state index in [4.69, 9.17) is 40.0 Å². The second-order valence-corrected chi connectivity index (χ2v) is 41.4. The fourth-order valence-corrected chi connectivity index (χ4v) is 21.1. The van der Waals surface area contributed by atoms with Gasteiger partial charge in [0.15, 0.2) is 18.5 Å². The van der Waals surface area contributed by atoms with Gasteiger partial charge in [-0.25, -0.2) is 37.6 Å². The average molecular weight is 1940 g/mol. The number of phosphoric ester groups is 3. The Morgan fingerprint density at radius 3 is 2.15 bits per heavy atom. The second-order valence-electron chi connectivity index (χ2n) is 29.5. The van der Waals surface area contributed by atoms with Crippen molar-refractivity contribution >= 4 is 145 Å². The third-order valence-electron chi connectivity index (χ3n) is 19.9. The van der Waals surface area contributed by atoms with Gasteiger partial charge in [0.25, 0.3) is 10.1 Å². The predicted molar refractivity (Wildman–Crippen MR) is 453 cm³/mol. The zero-order chi connectivity index (χ0) is 92.7.